The minimum Gasteiger partial charge on any atom is -0.491 e. The molecule has 0 unspecified atom stereocenters. The predicted octanol–water partition coefficient (Wildman–Crippen LogP) is 1.59. The Kier molecular flexibility index (Phi) is 5.68. The number of urea groups is 1. The first-order chi connectivity index (χ1) is 9.81. The van der Waals surface area contributed by atoms with Crippen molar-refractivity contribution in [1.29, 1.82) is 0 Å². The molecule has 0 atom stereocenters. The Labute approximate surface area is 120 Å². The van der Waals surface area contributed by atoms with Gasteiger partial charge >= 0.3 is 6.03 Å². The lowest BCUT2D eigenvalue weighted by Gasteiger charge is -2.16. The number of rotatable bonds is 8. The Morgan fingerprint density at radius 1 is 1.40 bits per heavy atom. The second-order valence-electron chi connectivity index (χ2n) is 4.85. The maximum absolute atomic E-state index is 11.4. The largest absolute Gasteiger partial charge is 0.491 e. The second kappa shape index (κ2) is 7.75. The monoisotopic (exact) mass is 277 g/mol. The van der Waals surface area contributed by atoms with Gasteiger partial charge in [-0.1, -0.05) is 25.1 Å². The van der Waals surface area contributed by atoms with Crippen LogP contribution >= 0.6 is 0 Å². The van der Waals surface area contributed by atoms with E-state index in [1.165, 1.54) is 0 Å². The Hall–Kier alpha value is -1.75. The van der Waals surface area contributed by atoms with Crippen LogP contribution in [0.1, 0.15) is 18.9 Å². The van der Waals surface area contributed by atoms with E-state index in [4.69, 9.17) is 4.74 Å². The smallest absolute Gasteiger partial charge is 0.317 e. The molecule has 0 saturated carbocycles. The molecule has 1 aromatic rings. The van der Waals surface area contributed by atoms with Crippen LogP contribution in [0.15, 0.2) is 24.3 Å². The molecule has 2 N–H and O–H groups in total. The van der Waals surface area contributed by atoms with Gasteiger partial charge in [0.1, 0.15) is 12.4 Å². The molecule has 1 saturated heterocycles. The number of carbonyl (C=O) groups is 1. The van der Waals surface area contributed by atoms with Crippen LogP contribution in [-0.4, -0.2) is 43.7 Å². The highest BCUT2D eigenvalue weighted by molar-refractivity contribution is 5.76. The van der Waals surface area contributed by atoms with E-state index in [2.05, 4.69) is 23.6 Å². The van der Waals surface area contributed by atoms with Crippen LogP contribution in [0.2, 0.25) is 0 Å². The third-order valence-electron chi connectivity index (χ3n) is 3.28. The van der Waals surface area contributed by atoms with Gasteiger partial charge in [0.15, 0.2) is 0 Å². The van der Waals surface area contributed by atoms with Gasteiger partial charge in [0.05, 0.1) is 6.54 Å². The third kappa shape index (κ3) is 4.13. The Morgan fingerprint density at radius 2 is 2.25 bits per heavy atom. The summed E-state index contributed by atoms with van der Waals surface area (Å²) in [5, 5.41) is 6.16. The van der Waals surface area contributed by atoms with Gasteiger partial charge in [-0.25, -0.2) is 4.79 Å². The van der Waals surface area contributed by atoms with Crippen molar-refractivity contribution in [3.8, 4) is 5.75 Å². The van der Waals surface area contributed by atoms with Crippen molar-refractivity contribution in [1.82, 2.24) is 15.5 Å². The normalized spacial score (nSPS) is 14.4. The molecule has 0 radical (unpaired) electrons. The number of benzene rings is 1. The minimum atomic E-state index is 0.00602. The van der Waals surface area contributed by atoms with Crippen molar-refractivity contribution in [3.63, 3.8) is 0 Å². The lowest BCUT2D eigenvalue weighted by Crippen LogP contribution is -2.32. The second-order valence-corrected chi connectivity index (χ2v) is 4.85. The highest BCUT2D eigenvalue weighted by atomic mass is 16.5. The summed E-state index contributed by atoms with van der Waals surface area (Å²) in [5.74, 6) is 0.899. The van der Waals surface area contributed by atoms with Crippen LogP contribution in [0.25, 0.3) is 0 Å². The molecule has 2 rings (SSSR count). The summed E-state index contributed by atoms with van der Waals surface area (Å²) < 4.78 is 5.82. The number of ether oxygens (including phenoxy) is 1. The molecular formula is C15H23N3O2. The fraction of sp³-hybridized carbons (Fsp3) is 0.533. The summed E-state index contributed by atoms with van der Waals surface area (Å²) in [6, 6.07) is 8.05. The van der Waals surface area contributed by atoms with E-state index in [0.29, 0.717) is 13.2 Å². The maximum atomic E-state index is 11.4. The molecule has 2 amide bonds. The van der Waals surface area contributed by atoms with E-state index < -0.39 is 0 Å². The van der Waals surface area contributed by atoms with E-state index in [0.717, 1.165) is 43.9 Å². The van der Waals surface area contributed by atoms with Gasteiger partial charge in [-0.3, -0.25) is 0 Å². The average Bonchev–Trinajstić information content (AvgIpc) is 2.86. The first-order valence-corrected chi connectivity index (χ1v) is 7.25. The first-order valence-electron chi connectivity index (χ1n) is 7.25. The molecule has 20 heavy (non-hydrogen) atoms. The van der Waals surface area contributed by atoms with Crippen LogP contribution in [-0.2, 0) is 6.54 Å². The van der Waals surface area contributed by atoms with Crippen LogP contribution in [0, 0.1) is 0 Å². The Morgan fingerprint density at radius 3 is 3.00 bits per heavy atom. The van der Waals surface area contributed by atoms with Gasteiger partial charge in [0.2, 0.25) is 0 Å². The van der Waals surface area contributed by atoms with Crippen molar-refractivity contribution in [2.24, 2.45) is 0 Å². The molecule has 0 aromatic heterocycles. The van der Waals surface area contributed by atoms with Crippen molar-refractivity contribution in [3.05, 3.63) is 29.8 Å². The van der Waals surface area contributed by atoms with Gasteiger partial charge in [0.25, 0.3) is 0 Å². The quantitative estimate of drug-likeness (QED) is 0.710. The number of carbonyl (C=O) groups excluding carboxylic acids is 1. The fourth-order valence-electron chi connectivity index (χ4n) is 2.18. The molecule has 1 aromatic carbocycles. The zero-order chi connectivity index (χ0) is 14.2. The molecule has 1 aliphatic heterocycles. The van der Waals surface area contributed by atoms with E-state index in [1.54, 1.807) is 4.90 Å². The molecule has 0 bridgehead atoms. The molecular weight excluding hydrogens is 254 g/mol. The summed E-state index contributed by atoms with van der Waals surface area (Å²) in [5.41, 5.74) is 1.16. The third-order valence-corrected chi connectivity index (χ3v) is 3.28. The van der Waals surface area contributed by atoms with E-state index >= 15 is 0 Å². The fourth-order valence-corrected chi connectivity index (χ4v) is 2.18. The average molecular weight is 277 g/mol. The van der Waals surface area contributed by atoms with Crippen LogP contribution in [0.3, 0.4) is 0 Å². The van der Waals surface area contributed by atoms with Gasteiger partial charge < -0.3 is 20.3 Å². The van der Waals surface area contributed by atoms with Crippen LogP contribution in [0.4, 0.5) is 4.79 Å². The molecule has 5 nitrogen and oxygen atoms in total. The summed E-state index contributed by atoms with van der Waals surface area (Å²) in [4.78, 5) is 13.2. The number of hydrogen-bond acceptors (Lipinski definition) is 3. The summed E-state index contributed by atoms with van der Waals surface area (Å²) in [7, 11) is 0. The summed E-state index contributed by atoms with van der Waals surface area (Å²) in [6.45, 7) is 6.62. The lowest BCUT2D eigenvalue weighted by molar-refractivity contribution is 0.202. The summed E-state index contributed by atoms with van der Waals surface area (Å²) >= 11 is 0. The van der Waals surface area contributed by atoms with Crippen molar-refractivity contribution < 1.29 is 9.53 Å². The van der Waals surface area contributed by atoms with Gasteiger partial charge in [0, 0.05) is 25.2 Å². The minimum absolute atomic E-state index is 0.00602. The Bertz CT molecular complexity index is 437. The zero-order valence-electron chi connectivity index (χ0n) is 12.0. The summed E-state index contributed by atoms with van der Waals surface area (Å²) in [6.07, 6.45) is 1.12. The lowest BCUT2D eigenvalue weighted by atomic mass is 10.2. The van der Waals surface area contributed by atoms with Gasteiger partial charge in [-0.15, -0.1) is 0 Å². The highest BCUT2D eigenvalue weighted by Gasteiger charge is 2.18. The van der Waals surface area contributed by atoms with Crippen LogP contribution < -0.4 is 15.4 Å². The zero-order valence-corrected chi connectivity index (χ0v) is 12.0. The number of nitrogens with zero attached hydrogens (tertiary/aromatic N) is 1. The molecule has 0 spiro atoms. The number of amides is 2. The van der Waals surface area contributed by atoms with Crippen molar-refractivity contribution in [2.75, 3.05) is 32.8 Å². The van der Waals surface area contributed by atoms with Gasteiger partial charge in [-0.2, -0.15) is 0 Å². The molecule has 0 aliphatic carbocycles. The molecule has 1 fully saturated rings. The van der Waals surface area contributed by atoms with Crippen molar-refractivity contribution in [2.45, 2.75) is 19.9 Å². The highest BCUT2D eigenvalue weighted by Crippen LogP contribution is 2.17. The molecule has 1 aliphatic rings. The standard InChI is InChI=1S/C15H23N3O2/c1-2-7-16-12-13-5-3-4-6-14(13)20-11-10-18-9-8-17-15(18)19/h3-6,16H,2,7-12H2,1H3,(H,17,19). The topological polar surface area (TPSA) is 53.6 Å². The Balaban J connectivity index is 1.80. The number of nitrogens with one attached hydrogen (secondary N) is 2. The maximum Gasteiger partial charge on any atom is 0.317 e. The molecule has 1 heterocycles. The van der Waals surface area contributed by atoms with E-state index in [1.807, 2.05) is 18.2 Å². The first kappa shape index (κ1) is 14.7. The SMILES string of the molecule is CCCNCc1ccccc1OCCN1CCNC1=O. The van der Waals surface area contributed by atoms with Crippen LogP contribution in [0.5, 0.6) is 5.75 Å². The van der Waals surface area contributed by atoms with E-state index in [9.17, 15) is 4.79 Å². The molecule has 110 valence electrons. The predicted molar refractivity (Wildman–Crippen MR) is 78.9 cm³/mol. The van der Waals surface area contributed by atoms with E-state index in [-0.39, 0.29) is 6.03 Å². The number of para-hydroxylation sites is 1. The molecule has 5 heteroatoms. The van der Waals surface area contributed by atoms with Gasteiger partial charge in [-0.05, 0) is 19.0 Å². The van der Waals surface area contributed by atoms with Crippen molar-refractivity contribution >= 4 is 6.03 Å². The number of hydrogen-bond donors (Lipinski definition) is 2.